The van der Waals surface area contributed by atoms with Gasteiger partial charge in [-0.05, 0) is 30.9 Å². The highest BCUT2D eigenvalue weighted by atomic mass is 16.5. The van der Waals surface area contributed by atoms with Crippen LogP contribution in [-0.4, -0.2) is 61.1 Å². The van der Waals surface area contributed by atoms with E-state index in [4.69, 9.17) is 4.74 Å². The molecular weight excluding hydrogens is 330 g/mol. The summed E-state index contributed by atoms with van der Waals surface area (Å²) in [6.45, 7) is 2.45. The first-order chi connectivity index (χ1) is 12.7. The van der Waals surface area contributed by atoms with Gasteiger partial charge >= 0.3 is 6.03 Å². The Hall–Kier alpha value is -2.24. The van der Waals surface area contributed by atoms with Gasteiger partial charge in [-0.15, -0.1) is 0 Å². The van der Waals surface area contributed by atoms with Crippen molar-refractivity contribution >= 4 is 11.9 Å². The fourth-order valence-corrected chi connectivity index (χ4v) is 3.80. The third-order valence-electron chi connectivity index (χ3n) is 5.40. The summed E-state index contributed by atoms with van der Waals surface area (Å²) in [4.78, 5) is 28.5. The SMILES string of the molecule is COc1ccccc1CCC(=O)N1CCN(C(=O)NC2CCCC2)CC1. The molecule has 0 radical (unpaired) electrons. The Morgan fingerprint density at radius 1 is 1.08 bits per heavy atom. The first-order valence-electron chi connectivity index (χ1n) is 9.62. The van der Waals surface area contributed by atoms with E-state index in [0.717, 1.165) is 24.2 Å². The minimum Gasteiger partial charge on any atom is -0.496 e. The van der Waals surface area contributed by atoms with Gasteiger partial charge in [0.05, 0.1) is 7.11 Å². The predicted octanol–water partition coefficient (Wildman–Crippen LogP) is 2.42. The number of urea groups is 1. The number of para-hydroxylation sites is 1. The van der Waals surface area contributed by atoms with Gasteiger partial charge in [0.15, 0.2) is 0 Å². The van der Waals surface area contributed by atoms with Crippen molar-refractivity contribution in [2.45, 2.75) is 44.6 Å². The molecule has 1 aromatic rings. The molecule has 1 aliphatic heterocycles. The molecule has 1 aliphatic carbocycles. The lowest BCUT2D eigenvalue weighted by molar-refractivity contribution is -0.132. The van der Waals surface area contributed by atoms with Crippen LogP contribution >= 0.6 is 0 Å². The number of carbonyl (C=O) groups is 2. The molecule has 3 rings (SSSR count). The van der Waals surface area contributed by atoms with Gasteiger partial charge in [0, 0.05) is 38.6 Å². The quantitative estimate of drug-likeness (QED) is 0.878. The first kappa shape index (κ1) is 18.5. The molecule has 0 unspecified atom stereocenters. The number of methoxy groups -OCH3 is 1. The van der Waals surface area contributed by atoms with Crippen LogP contribution in [0.2, 0.25) is 0 Å². The summed E-state index contributed by atoms with van der Waals surface area (Å²) in [5, 5.41) is 3.12. The summed E-state index contributed by atoms with van der Waals surface area (Å²) in [7, 11) is 1.65. The van der Waals surface area contributed by atoms with E-state index in [2.05, 4.69) is 5.32 Å². The summed E-state index contributed by atoms with van der Waals surface area (Å²) >= 11 is 0. The van der Waals surface area contributed by atoms with Gasteiger partial charge in [0.1, 0.15) is 5.75 Å². The second-order valence-corrected chi connectivity index (χ2v) is 7.11. The Labute approximate surface area is 155 Å². The number of benzene rings is 1. The van der Waals surface area contributed by atoms with Crippen LogP contribution in [0.5, 0.6) is 5.75 Å². The third kappa shape index (κ3) is 4.68. The number of nitrogens with zero attached hydrogens (tertiary/aromatic N) is 2. The Kier molecular flexibility index (Phi) is 6.36. The molecule has 1 aromatic carbocycles. The fraction of sp³-hybridized carbons (Fsp3) is 0.600. The smallest absolute Gasteiger partial charge is 0.317 e. The van der Waals surface area contributed by atoms with Crippen LogP contribution in [0.1, 0.15) is 37.7 Å². The molecule has 1 saturated heterocycles. The number of amides is 3. The average Bonchev–Trinajstić information content (AvgIpc) is 3.19. The van der Waals surface area contributed by atoms with Crippen molar-refractivity contribution in [2.75, 3.05) is 33.3 Å². The molecule has 0 bridgehead atoms. The third-order valence-corrected chi connectivity index (χ3v) is 5.40. The maximum atomic E-state index is 12.5. The number of rotatable bonds is 5. The number of hydrogen-bond donors (Lipinski definition) is 1. The predicted molar refractivity (Wildman–Crippen MR) is 100 cm³/mol. The molecule has 3 amide bonds. The summed E-state index contributed by atoms with van der Waals surface area (Å²) < 4.78 is 5.34. The molecule has 2 fully saturated rings. The molecule has 0 spiro atoms. The van der Waals surface area contributed by atoms with Crippen molar-refractivity contribution in [1.82, 2.24) is 15.1 Å². The zero-order valence-corrected chi connectivity index (χ0v) is 15.6. The van der Waals surface area contributed by atoms with E-state index in [-0.39, 0.29) is 11.9 Å². The van der Waals surface area contributed by atoms with Gasteiger partial charge in [-0.25, -0.2) is 4.79 Å². The molecule has 2 aliphatic rings. The second-order valence-electron chi connectivity index (χ2n) is 7.11. The van der Waals surface area contributed by atoms with Crippen molar-refractivity contribution < 1.29 is 14.3 Å². The molecule has 6 heteroatoms. The summed E-state index contributed by atoms with van der Waals surface area (Å²) in [5.41, 5.74) is 1.05. The average molecular weight is 359 g/mol. The minimum atomic E-state index is 0.0259. The largest absolute Gasteiger partial charge is 0.496 e. The van der Waals surface area contributed by atoms with Crippen LogP contribution in [0.25, 0.3) is 0 Å². The summed E-state index contributed by atoms with van der Waals surface area (Å²) in [6.07, 6.45) is 5.74. The number of carbonyl (C=O) groups excluding carboxylic acids is 2. The van der Waals surface area contributed by atoms with E-state index >= 15 is 0 Å². The monoisotopic (exact) mass is 359 g/mol. The number of hydrogen-bond acceptors (Lipinski definition) is 3. The van der Waals surface area contributed by atoms with E-state index in [1.165, 1.54) is 12.8 Å². The highest BCUT2D eigenvalue weighted by Gasteiger charge is 2.26. The van der Waals surface area contributed by atoms with Crippen LogP contribution in [0.15, 0.2) is 24.3 Å². The highest BCUT2D eigenvalue weighted by molar-refractivity contribution is 5.78. The number of aryl methyl sites for hydroxylation is 1. The van der Waals surface area contributed by atoms with Gasteiger partial charge in [0.2, 0.25) is 5.91 Å². The van der Waals surface area contributed by atoms with Crippen molar-refractivity contribution in [2.24, 2.45) is 0 Å². The van der Waals surface area contributed by atoms with Crippen LogP contribution < -0.4 is 10.1 Å². The molecule has 6 nitrogen and oxygen atoms in total. The van der Waals surface area contributed by atoms with Crippen molar-refractivity contribution in [3.63, 3.8) is 0 Å². The van der Waals surface area contributed by atoms with Crippen molar-refractivity contribution in [1.29, 1.82) is 0 Å². The summed E-state index contributed by atoms with van der Waals surface area (Å²) in [6, 6.07) is 8.17. The summed E-state index contributed by atoms with van der Waals surface area (Å²) in [5.74, 6) is 0.973. The maximum Gasteiger partial charge on any atom is 0.317 e. The van der Waals surface area contributed by atoms with Gasteiger partial charge in [-0.3, -0.25) is 4.79 Å². The van der Waals surface area contributed by atoms with Gasteiger partial charge in [-0.2, -0.15) is 0 Å². The van der Waals surface area contributed by atoms with Crippen LogP contribution in [0.3, 0.4) is 0 Å². The standard InChI is InChI=1S/C20H29N3O3/c1-26-18-9-5-2-6-16(18)10-11-19(24)22-12-14-23(15-13-22)20(25)21-17-7-3-4-8-17/h2,5-6,9,17H,3-4,7-8,10-15H2,1H3,(H,21,25). The number of nitrogens with one attached hydrogen (secondary N) is 1. The minimum absolute atomic E-state index is 0.0259. The van der Waals surface area contributed by atoms with Crippen LogP contribution in [0, 0.1) is 0 Å². The molecule has 1 N–H and O–H groups in total. The molecule has 0 atom stereocenters. The molecule has 1 saturated carbocycles. The number of ether oxygens (including phenoxy) is 1. The Morgan fingerprint density at radius 2 is 1.73 bits per heavy atom. The molecule has 26 heavy (non-hydrogen) atoms. The Bertz CT molecular complexity index is 620. The van der Waals surface area contributed by atoms with Gasteiger partial charge in [-0.1, -0.05) is 31.0 Å². The zero-order chi connectivity index (χ0) is 18.4. The van der Waals surface area contributed by atoms with Gasteiger partial charge in [0.25, 0.3) is 0 Å². The Balaban J connectivity index is 1.42. The molecule has 142 valence electrons. The van der Waals surface area contributed by atoms with E-state index in [1.807, 2.05) is 34.1 Å². The topological polar surface area (TPSA) is 61.9 Å². The molecule has 1 heterocycles. The lowest BCUT2D eigenvalue weighted by atomic mass is 10.1. The second kappa shape index (κ2) is 8.92. The Morgan fingerprint density at radius 3 is 2.42 bits per heavy atom. The fourth-order valence-electron chi connectivity index (χ4n) is 3.80. The van der Waals surface area contributed by atoms with E-state index in [1.54, 1.807) is 7.11 Å². The number of piperazine rings is 1. The van der Waals surface area contributed by atoms with Gasteiger partial charge < -0.3 is 19.9 Å². The van der Waals surface area contributed by atoms with Crippen LogP contribution in [-0.2, 0) is 11.2 Å². The van der Waals surface area contributed by atoms with E-state index in [9.17, 15) is 9.59 Å². The van der Waals surface area contributed by atoms with Crippen molar-refractivity contribution in [3.05, 3.63) is 29.8 Å². The first-order valence-corrected chi connectivity index (χ1v) is 9.62. The molecule has 0 aromatic heterocycles. The highest BCUT2D eigenvalue weighted by Crippen LogP contribution is 2.20. The lowest BCUT2D eigenvalue weighted by Gasteiger charge is -2.35. The van der Waals surface area contributed by atoms with Crippen molar-refractivity contribution in [3.8, 4) is 5.75 Å². The lowest BCUT2D eigenvalue weighted by Crippen LogP contribution is -2.54. The van der Waals surface area contributed by atoms with E-state index in [0.29, 0.717) is 45.1 Å². The van der Waals surface area contributed by atoms with Crippen LogP contribution in [0.4, 0.5) is 4.79 Å². The zero-order valence-electron chi connectivity index (χ0n) is 15.6. The molecular formula is C20H29N3O3. The maximum absolute atomic E-state index is 12.5. The van der Waals surface area contributed by atoms with E-state index < -0.39 is 0 Å². The normalized spacial score (nSPS) is 18.0.